The molecule has 7 nitrogen and oxygen atoms in total. The Morgan fingerprint density at radius 1 is 1.47 bits per heavy atom. The van der Waals surface area contributed by atoms with E-state index >= 15 is 0 Å². The van der Waals surface area contributed by atoms with Gasteiger partial charge in [0.05, 0.1) is 0 Å². The van der Waals surface area contributed by atoms with Gasteiger partial charge < -0.3 is 14.8 Å². The first kappa shape index (κ1) is 13.5. The van der Waals surface area contributed by atoms with E-state index in [1.165, 1.54) is 0 Å². The van der Waals surface area contributed by atoms with E-state index in [2.05, 4.69) is 31.2 Å². The number of imidazole rings is 1. The average Bonchev–Trinajstić information content (AvgIpc) is 2.42. The van der Waals surface area contributed by atoms with Crippen LogP contribution in [0.1, 0.15) is 31.3 Å². The number of nitrogens with one attached hydrogen (secondary N) is 2. The van der Waals surface area contributed by atoms with Crippen LogP contribution in [-0.4, -0.2) is 32.7 Å². The van der Waals surface area contributed by atoms with Crippen molar-refractivity contribution in [2.75, 3.05) is 5.32 Å². The zero-order valence-corrected chi connectivity index (χ0v) is 11.1. The van der Waals surface area contributed by atoms with E-state index in [0.717, 1.165) is 0 Å². The fourth-order valence-electron chi connectivity index (χ4n) is 0.953. The number of aromatic nitrogens is 2. The molecule has 1 heterocycles. The molecule has 0 aliphatic heterocycles. The van der Waals surface area contributed by atoms with Crippen molar-refractivity contribution in [3.8, 4) is 0 Å². The third-order valence-corrected chi connectivity index (χ3v) is 2.06. The Bertz CT molecular complexity index is 450. The van der Waals surface area contributed by atoms with Crippen LogP contribution in [0.2, 0.25) is 0 Å². The molecular weight excluding hydrogens is 294 g/mol. The molecule has 0 aromatic carbocycles. The first-order valence-corrected chi connectivity index (χ1v) is 5.47. The molecule has 0 aliphatic rings. The molecule has 0 bridgehead atoms. The van der Waals surface area contributed by atoms with Crippen molar-refractivity contribution in [1.29, 1.82) is 0 Å². The Morgan fingerprint density at radius 2 is 2.06 bits per heavy atom. The summed E-state index contributed by atoms with van der Waals surface area (Å²) in [6.07, 6.45) is -0.712. The summed E-state index contributed by atoms with van der Waals surface area (Å²) in [5.74, 6) is -1.20. The van der Waals surface area contributed by atoms with Crippen molar-refractivity contribution in [2.24, 2.45) is 0 Å². The van der Waals surface area contributed by atoms with E-state index in [1.54, 1.807) is 20.8 Å². The molecule has 1 aromatic rings. The van der Waals surface area contributed by atoms with Gasteiger partial charge in [0.25, 0.3) is 0 Å². The van der Waals surface area contributed by atoms with Gasteiger partial charge >= 0.3 is 12.1 Å². The monoisotopic (exact) mass is 305 g/mol. The molecule has 0 unspecified atom stereocenters. The Kier molecular flexibility index (Phi) is 3.76. The fourth-order valence-corrected chi connectivity index (χ4v) is 1.40. The molecule has 0 aliphatic carbocycles. The van der Waals surface area contributed by atoms with Gasteiger partial charge in [-0.25, -0.2) is 14.6 Å². The lowest BCUT2D eigenvalue weighted by molar-refractivity contribution is 0.0631. The number of halogens is 1. The van der Waals surface area contributed by atoms with Crippen LogP contribution in [0, 0.1) is 0 Å². The molecule has 3 N–H and O–H groups in total. The molecule has 0 fully saturated rings. The minimum Gasteiger partial charge on any atom is -0.476 e. The maximum Gasteiger partial charge on any atom is 0.414 e. The van der Waals surface area contributed by atoms with Crippen molar-refractivity contribution >= 4 is 33.9 Å². The Morgan fingerprint density at radius 3 is 2.47 bits per heavy atom. The molecule has 1 aromatic heterocycles. The van der Waals surface area contributed by atoms with Gasteiger partial charge in [-0.3, -0.25) is 5.32 Å². The van der Waals surface area contributed by atoms with Gasteiger partial charge in [0, 0.05) is 0 Å². The van der Waals surface area contributed by atoms with Crippen LogP contribution in [-0.2, 0) is 4.74 Å². The largest absolute Gasteiger partial charge is 0.476 e. The number of carboxylic acid groups (broad SMARTS) is 1. The molecule has 1 amide bonds. The van der Waals surface area contributed by atoms with Crippen molar-refractivity contribution in [1.82, 2.24) is 9.97 Å². The molecule has 0 spiro atoms. The quantitative estimate of drug-likeness (QED) is 0.777. The predicted molar refractivity (Wildman–Crippen MR) is 63.1 cm³/mol. The van der Waals surface area contributed by atoms with Crippen molar-refractivity contribution in [3.05, 3.63) is 10.3 Å². The van der Waals surface area contributed by atoms with Gasteiger partial charge in [0.15, 0.2) is 5.69 Å². The minimum absolute atomic E-state index is 0.00326. The number of aromatic amines is 1. The number of rotatable bonds is 2. The number of hydrogen-bond donors (Lipinski definition) is 3. The highest BCUT2D eigenvalue weighted by molar-refractivity contribution is 9.10. The Labute approximate surface area is 106 Å². The van der Waals surface area contributed by atoms with Crippen LogP contribution < -0.4 is 5.32 Å². The van der Waals surface area contributed by atoms with Gasteiger partial charge in [-0.2, -0.15) is 0 Å². The van der Waals surface area contributed by atoms with E-state index in [0.29, 0.717) is 0 Å². The van der Waals surface area contributed by atoms with Crippen molar-refractivity contribution in [3.63, 3.8) is 0 Å². The Balaban J connectivity index is 2.73. The second-order valence-corrected chi connectivity index (χ2v) is 4.97. The number of carbonyl (C=O) groups excluding carboxylic acids is 1. The van der Waals surface area contributed by atoms with Crippen molar-refractivity contribution in [2.45, 2.75) is 26.4 Å². The highest BCUT2D eigenvalue weighted by Gasteiger charge is 2.19. The number of aromatic carboxylic acids is 1. The SMILES string of the molecule is CC(C)(C)OC(=O)Nc1nc(C(=O)O)c(Br)[nH]1. The molecule has 0 radical (unpaired) electrons. The summed E-state index contributed by atoms with van der Waals surface area (Å²) in [6.45, 7) is 5.15. The number of nitrogens with zero attached hydrogens (tertiary/aromatic N) is 1. The zero-order valence-electron chi connectivity index (χ0n) is 9.50. The number of hydrogen-bond acceptors (Lipinski definition) is 4. The van der Waals surface area contributed by atoms with Gasteiger partial charge in [-0.1, -0.05) is 0 Å². The molecule has 0 saturated carbocycles. The Hall–Kier alpha value is -1.57. The summed E-state index contributed by atoms with van der Waals surface area (Å²) >= 11 is 2.98. The van der Waals surface area contributed by atoms with Crippen LogP contribution in [0.4, 0.5) is 10.7 Å². The maximum atomic E-state index is 11.4. The highest BCUT2D eigenvalue weighted by Crippen LogP contribution is 2.17. The lowest BCUT2D eigenvalue weighted by Gasteiger charge is -2.18. The predicted octanol–water partition coefficient (Wildman–Crippen LogP) is 2.22. The van der Waals surface area contributed by atoms with E-state index in [4.69, 9.17) is 9.84 Å². The number of ether oxygens (including phenoxy) is 1. The molecule has 8 heteroatoms. The lowest BCUT2D eigenvalue weighted by atomic mass is 10.2. The fraction of sp³-hybridized carbons (Fsp3) is 0.444. The normalized spacial score (nSPS) is 11.1. The van der Waals surface area contributed by atoms with Crippen LogP contribution in [0.25, 0.3) is 0 Å². The lowest BCUT2D eigenvalue weighted by Crippen LogP contribution is -2.27. The summed E-state index contributed by atoms with van der Waals surface area (Å²) in [5.41, 5.74) is -0.847. The van der Waals surface area contributed by atoms with Crippen LogP contribution >= 0.6 is 15.9 Å². The number of amides is 1. The molecular formula is C9H12BrN3O4. The molecule has 0 atom stereocenters. The van der Waals surface area contributed by atoms with Gasteiger partial charge in [-0.05, 0) is 36.7 Å². The second-order valence-electron chi connectivity index (χ2n) is 4.18. The standard InChI is InChI=1S/C9H12BrN3O4/c1-9(2,3)17-8(16)13-7-11-4(6(14)15)5(10)12-7/h1-3H3,(H,14,15)(H2,11,12,13,16). The minimum atomic E-state index is -1.20. The zero-order chi connectivity index (χ0) is 13.2. The topological polar surface area (TPSA) is 104 Å². The smallest absolute Gasteiger partial charge is 0.414 e. The van der Waals surface area contributed by atoms with E-state index in [1.807, 2.05) is 0 Å². The van der Waals surface area contributed by atoms with Crippen LogP contribution in [0.15, 0.2) is 4.60 Å². The summed E-state index contributed by atoms with van der Waals surface area (Å²) in [4.78, 5) is 28.3. The van der Waals surface area contributed by atoms with Gasteiger partial charge in [0.2, 0.25) is 5.95 Å². The number of carboxylic acids is 1. The van der Waals surface area contributed by atoms with Gasteiger partial charge in [-0.15, -0.1) is 0 Å². The van der Waals surface area contributed by atoms with E-state index < -0.39 is 17.7 Å². The summed E-state index contributed by atoms with van der Waals surface area (Å²) < 4.78 is 5.16. The van der Waals surface area contributed by atoms with Crippen LogP contribution in [0.3, 0.4) is 0 Å². The second kappa shape index (κ2) is 4.74. The van der Waals surface area contributed by atoms with Crippen LogP contribution in [0.5, 0.6) is 0 Å². The number of anilines is 1. The highest BCUT2D eigenvalue weighted by atomic mass is 79.9. The summed E-state index contributed by atoms with van der Waals surface area (Å²) in [5, 5.41) is 11.0. The van der Waals surface area contributed by atoms with Crippen molar-refractivity contribution < 1.29 is 19.4 Å². The molecule has 0 saturated heterocycles. The van der Waals surface area contributed by atoms with E-state index in [9.17, 15) is 9.59 Å². The first-order chi connectivity index (χ1) is 7.69. The molecule has 94 valence electrons. The van der Waals surface area contributed by atoms with E-state index in [-0.39, 0.29) is 16.2 Å². The third-order valence-electron chi connectivity index (χ3n) is 1.48. The number of H-pyrrole nitrogens is 1. The third kappa shape index (κ3) is 4.06. The molecule has 17 heavy (non-hydrogen) atoms. The number of carbonyl (C=O) groups is 2. The van der Waals surface area contributed by atoms with Gasteiger partial charge in [0.1, 0.15) is 10.2 Å². The maximum absolute atomic E-state index is 11.4. The first-order valence-electron chi connectivity index (χ1n) is 4.68. The average molecular weight is 306 g/mol. The summed E-state index contributed by atoms with van der Waals surface area (Å²) in [7, 11) is 0. The summed E-state index contributed by atoms with van der Waals surface area (Å²) in [6, 6.07) is 0. The molecule has 1 rings (SSSR count).